The fourth-order valence-electron chi connectivity index (χ4n) is 2.25. The van der Waals surface area contributed by atoms with Crippen LogP contribution in [0.5, 0.6) is 0 Å². The first kappa shape index (κ1) is 12.5. The van der Waals surface area contributed by atoms with E-state index in [1.54, 1.807) is 12.1 Å². The number of Topliss-reactive ketones (excluding diaryl/α,β-unsaturated/α-hetero) is 1. The molecule has 0 aliphatic rings. The van der Waals surface area contributed by atoms with Crippen LogP contribution in [-0.2, 0) is 6.42 Å². The van der Waals surface area contributed by atoms with Gasteiger partial charge in [-0.2, -0.15) is 0 Å². The van der Waals surface area contributed by atoms with Gasteiger partial charge in [0.15, 0.2) is 5.76 Å². The molecule has 0 spiro atoms. The molecule has 0 saturated heterocycles. The summed E-state index contributed by atoms with van der Waals surface area (Å²) in [6.07, 6.45) is 0.319. The van der Waals surface area contributed by atoms with Crippen molar-refractivity contribution < 1.29 is 9.21 Å². The molecule has 2 aromatic carbocycles. The Balaban J connectivity index is 1.89. The maximum absolute atomic E-state index is 12.3. The van der Waals surface area contributed by atoms with Gasteiger partial charge in [-0.15, -0.1) is 0 Å². The molecule has 2 N–H and O–H groups in total. The highest BCUT2D eigenvalue weighted by molar-refractivity contribution is 5.99. The molecule has 0 atom stereocenters. The molecule has 100 valence electrons. The van der Waals surface area contributed by atoms with E-state index in [0.717, 1.165) is 22.1 Å². The Kier molecular flexibility index (Phi) is 3.03. The van der Waals surface area contributed by atoms with Gasteiger partial charge in [-0.25, -0.2) is 0 Å². The van der Waals surface area contributed by atoms with Crippen LogP contribution in [0, 0.1) is 6.92 Å². The molecular formula is C17H15NO2. The van der Waals surface area contributed by atoms with Gasteiger partial charge in [0, 0.05) is 17.5 Å². The van der Waals surface area contributed by atoms with E-state index in [1.807, 2.05) is 43.3 Å². The molecule has 3 nitrogen and oxygen atoms in total. The summed E-state index contributed by atoms with van der Waals surface area (Å²) in [7, 11) is 0. The number of ketones is 1. The lowest BCUT2D eigenvalue weighted by molar-refractivity contribution is 0.0968. The minimum Gasteiger partial charge on any atom is -0.453 e. The summed E-state index contributed by atoms with van der Waals surface area (Å²) in [5, 5.41) is 0.964. The number of nitrogens with two attached hydrogens (primary N) is 1. The highest BCUT2D eigenvalue weighted by Crippen LogP contribution is 2.23. The lowest BCUT2D eigenvalue weighted by Crippen LogP contribution is -2.02. The van der Waals surface area contributed by atoms with Crippen molar-refractivity contribution in [2.75, 3.05) is 5.73 Å². The highest BCUT2D eigenvalue weighted by Gasteiger charge is 2.13. The standard InChI is InChI=1S/C17H15NO2/c1-11-3-2-4-13-10-16(20-17(11)13)15(19)9-12-5-7-14(18)8-6-12/h2-8,10H,9,18H2,1H3. The van der Waals surface area contributed by atoms with Crippen molar-refractivity contribution >= 4 is 22.4 Å². The second-order valence-corrected chi connectivity index (χ2v) is 4.95. The first-order valence-corrected chi connectivity index (χ1v) is 6.50. The first-order valence-electron chi connectivity index (χ1n) is 6.50. The second kappa shape index (κ2) is 4.85. The molecule has 1 heterocycles. The van der Waals surface area contributed by atoms with E-state index in [4.69, 9.17) is 10.2 Å². The number of carbonyl (C=O) groups is 1. The number of nitrogen functional groups attached to an aromatic ring is 1. The Morgan fingerprint density at radius 3 is 2.60 bits per heavy atom. The summed E-state index contributed by atoms with van der Waals surface area (Å²) in [5.74, 6) is 0.386. The Morgan fingerprint density at radius 1 is 1.15 bits per heavy atom. The highest BCUT2D eigenvalue weighted by atomic mass is 16.3. The summed E-state index contributed by atoms with van der Waals surface area (Å²) < 4.78 is 5.68. The quantitative estimate of drug-likeness (QED) is 0.579. The van der Waals surface area contributed by atoms with Gasteiger partial charge in [0.1, 0.15) is 5.58 Å². The third-order valence-corrected chi connectivity index (χ3v) is 3.36. The van der Waals surface area contributed by atoms with Gasteiger partial charge in [0.25, 0.3) is 0 Å². The molecule has 3 aromatic rings. The minimum atomic E-state index is -0.0228. The lowest BCUT2D eigenvalue weighted by Gasteiger charge is -1.99. The average Bonchev–Trinajstić information content (AvgIpc) is 2.87. The van der Waals surface area contributed by atoms with Gasteiger partial charge in [-0.05, 0) is 36.2 Å². The fourth-order valence-corrected chi connectivity index (χ4v) is 2.25. The first-order chi connectivity index (χ1) is 9.63. The van der Waals surface area contributed by atoms with E-state index in [-0.39, 0.29) is 5.78 Å². The molecule has 0 amide bonds. The summed E-state index contributed by atoms with van der Waals surface area (Å²) in [6.45, 7) is 1.97. The van der Waals surface area contributed by atoms with Gasteiger partial charge >= 0.3 is 0 Å². The molecular weight excluding hydrogens is 250 g/mol. The normalized spacial score (nSPS) is 10.8. The van der Waals surface area contributed by atoms with Crippen LogP contribution >= 0.6 is 0 Å². The number of hydrogen-bond donors (Lipinski definition) is 1. The second-order valence-electron chi connectivity index (χ2n) is 4.95. The number of carbonyl (C=O) groups excluding carboxylic acids is 1. The summed E-state index contributed by atoms with van der Waals surface area (Å²) in [5.41, 5.74) is 9.08. The molecule has 0 aliphatic carbocycles. The number of anilines is 1. The van der Waals surface area contributed by atoms with Crippen LogP contribution in [-0.4, -0.2) is 5.78 Å². The van der Waals surface area contributed by atoms with Crippen molar-refractivity contribution in [3.05, 3.63) is 65.4 Å². The predicted molar refractivity (Wildman–Crippen MR) is 79.8 cm³/mol. The molecule has 0 aliphatic heterocycles. The van der Waals surface area contributed by atoms with Crippen molar-refractivity contribution in [2.45, 2.75) is 13.3 Å². The molecule has 3 heteroatoms. The number of para-hydroxylation sites is 1. The zero-order valence-corrected chi connectivity index (χ0v) is 11.2. The molecule has 1 aromatic heterocycles. The van der Waals surface area contributed by atoms with Crippen molar-refractivity contribution in [2.24, 2.45) is 0 Å². The van der Waals surface area contributed by atoms with E-state index >= 15 is 0 Å². The Morgan fingerprint density at radius 2 is 1.90 bits per heavy atom. The van der Waals surface area contributed by atoms with Crippen molar-refractivity contribution in [3.8, 4) is 0 Å². The number of aryl methyl sites for hydroxylation is 1. The van der Waals surface area contributed by atoms with E-state index in [0.29, 0.717) is 17.9 Å². The monoisotopic (exact) mass is 265 g/mol. The maximum Gasteiger partial charge on any atom is 0.202 e. The Bertz CT molecular complexity index is 769. The van der Waals surface area contributed by atoms with Crippen LogP contribution in [0.25, 0.3) is 11.0 Å². The molecule has 0 radical (unpaired) electrons. The number of furan rings is 1. The molecule has 3 rings (SSSR count). The molecule has 0 saturated carbocycles. The van der Waals surface area contributed by atoms with Gasteiger partial charge in [-0.1, -0.05) is 30.3 Å². The van der Waals surface area contributed by atoms with Crippen molar-refractivity contribution in [1.29, 1.82) is 0 Å². The van der Waals surface area contributed by atoms with Crippen LogP contribution in [0.1, 0.15) is 21.7 Å². The molecule has 0 unspecified atom stereocenters. The Hall–Kier alpha value is -2.55. The molecule has 0 bridgehead atoms. The van der Waals surface area contributed by atoms with E-state index in [2.05, 4.69) is 0 Å². The van der Waals surface area contributed by atoms with Gasteiger partial charge in [-0.3, -0.25) is 4.79 Å². The van der Waals surface area contributed by atoms with E-state index in [9.17, 15) is 4.79 Å². The van der Waals surface area contributed by atoms with Crippen molar-refractivity contribution in [3.63, 3.8) is 0 Å². The van der Waals surface area contributed by atoms with Crippen LogP contribution in [0.4, 0.5) is 5.69 Å². The molecule has 20 heavy (non-hydrogen) atoms. The lowest BCUT2D eigenvalue weighted by atomic mass is 10.1. The summed E-state index contributed by atoms with van der Waals surface area (Å²) in [6, 6.07) is 15.0. The van der Waals surface area contributed by atoms with E-state index in [1.165, 1.54) is 0 Å². The molecule has 0 fully saturated rings. The summed E-state index contributed by atoms with van der Waals surface area (Å²) in [4.78, 5) is 12.3. The third-order valence-electron chi connectivity index (χ3n) is 3.36. The SMILES string of the molecule is Cc1cccc2cc(C(=O)Cc3ccc(N)cc3)oc12. The van der Waals surface area contributed by atoms with Crippen LogP contribution in [0.3, 0.4) is 0 Å². The summed E-state index contributed by atoms with van der Waals surface area (Å²) >= 11 is 0. The van der Waals surface area contributed by atoms with Crippen molar-refractivity contribution in [1.82, 2.24) is 0 Å². The van der Waals surface area contributed by atoms with Gasteiger partial charge in [0.05, 0.1) is 0 Å². The maximum atomic E-state index is 12.3. The number of hydrogen-bond acceptors (Lipinski definition) is 3. The number of benzene rings is 2. The average molecular weight is 265 g/mol. The minimum absolute atomic E-state index is 0.0228. The number of fused-ring (bicyclic) bond motifs is 1. The zero-order chi connectivity index (χ0) is 14.1. The third kappa shape index (κ3) is 2.30. The van der Waals surface area contributed by atoms with Gasteiger partial charge in [0.2, 0.25) is 5.78 Å². The topological polar surface area (TPSA) is 56.2 Å². The fraction of sp³-hybridized carbons (Fsp3) is 0.118. The Labute approximate surface area is 117 Å². The van der Waals surface area contributed by atoms with Gasteiger partial charge < -0.3 is 10.2 Å². The van der Waals surface area contributed by atoms with Crippen LogP contribution < -0.4 is 5.73 Å². The van der Waals surface area contributed by atoms with Crippen LogP contribution in [0.2, 0.25) is 0 Å². The smallest absolute Gasteiger partial charge is 0.202 e. The largest absolute Gasteiger partial charge is 0.453 e. The number of rotatable bonds is 3. The van der Waals surface area contributed by atoms with Crippen LogP contribution in [0.15, 0.2) is 52.9 Å². The predicted octanol–water partition coefficient (Wildman–Crippen LogP) is 3.75. The zero-order valence-electron chi connectivity index (χ0n) is 11.2. The van der Waals surface area contributed by atoms with E-state index < -0.39 is 0 Å².